The van der Waals surface area contributed by atoms with E-state index in [1.165, 1.54) is 0 Å². The van der Waals surface area contributed by atoms with Crippen molar-refractivity contribution in [2.45, 2.75) is 31.6 Å². The van der Waals surface area contributed by atoms with Crippen LogP contribution in [0, 0.1) is 5.92 Å². The van der Waals surface area contributed by atoms with Gasteiger partial charge in [0, 0.05) is 55.0 Å². The molecule has 0 atom stereocenters. The monoisotopic (exact) mass is 353 g/mol. The predicted molar refractivity (Wildman–Crippen MR) is 98.4 cm³/mol. The van der Waals surface area contributed by atoms with Crippen LogP contribution in [0.1, 0.15) is 37.3 Å². The number of carbonyl (C=O) groups is 1. The number of anilines is 1. The van der Waals surface area contributed by atoms with Gasteiger partial charge in [0.2, 0.25) is 5.91 Å². The summed E-state index contributed by atoms with van der Waals surface area (Å²) in [5, 5.41) is 11.4. The minimum Gasteiger partial charge on any atom is -0.384 e. The first-order valence-corrected chi connectivity index (χ1v) is 8.91. The van der Waals surface area contributed by atoms with Gasteiger partial charge >= 0.3 is 0 Å². The highest BCUT2D eigenvalue weighted by molar-refractivity contribution is 5.78. The maximum absolute atomic E-state index is 11.8. The number of nitrogens with one attached hydrogen (secondary N) is 1. The van der Waals surface area contributed by atoms with Crippen LogP contribution in [0.4, 0.5) is 5.82 Å². The molecule has 0 spiro atoms. The Balaban J connectivity index is 1.66. The van der Waals surface area contributed by atoms with Crippen molar-refractivity contribution in [2.75, 3.05) is 12.8 Å². The molecule has 0 aliphatic heterocycles. The zero-order chi connectivity index (χ0) is 18.3. The Morgan fingerprint density at radius 3 is 2.65 bits per heavy atom. The smallest absolute Gasteiger partial charge is 0.222 e. The van der Waals surface area contributed by atoms with E-state index in [2.05, 4.69) is 15.5 Å². The molecule has 1 fully saturated rings. The van der Waals surface area contributed by atoms with E-state index < -0.39 is 0 Å². The van der Waals surface area contributed by atoms with Crippen molar-refractivity contribution in [2.24, 2.45) is 13.0 Å². The Morgan fingerprint density at radius 1 is 1.23 bits per heavy atom. The standard InChI is InChI=1S/C18H23N7O/c1-20-18(26)12-5-3-11(4-6-12)15-7-16(19)25-17(23-15)14(9-22-25)13-8-21-24(2)10-13/h7-12H,3-6,19H2,1-2H3,(H,20,26). The van der Waals surface area contributed by atoms with Gasteiger partial charge in [-0.2, -0.15) is 14.7 Å². The highest BCUT2D eigenvalue weighted by Gasteiger charge is 2.28. The van der Waals surface area contributed by atoms with Crippen molar-refractivity contribution in [1.29, 1.82) is 0 Å². The normalized spacial score (nSPS) is 20.4. The molecule has 0 saturated heterocycles. The lowest BCUT2D eigenvalue weighted by Crippen LogP contribution is -2.30. The lowest BCUT2D eigenvalue weighted by atomic mass is 9.80. The molecule has 0 aromatic carbocycles. The molecular weight excluding hydrogens is 330 g/mol. The van der Waals surface area contributed by atoms with Crippen molar-refractivity contribution in [1.82, 2.24) is 29.7 Å². The summed E-state index contributed by atoms with van der Waals surface area (Å²) < 4.78 is 3.42. The first kappa shape index (κ1) is 16.6. The van der Waals surface area contributed by atoms with Crippen LogP contribution >= 0.6 is 0 Å². The molecule has 26 heavy (non-hydrogen) atoms. The van der Waals surface area contributed by atoms with Crippen LogP contribution in [-0.4, -0.2) is 37.3 Å². The van der Waals surface area contributed by atoms with Crippen LogP contribution in [0.5, 0.6) is 0 Å². The fourth-order valence-electron chi connectivity index (χ4n) is 3.83. The number of nitrogen functional groups attached to an aromatic ring is 1. The van der Waals surface area contributed by atoms with E-state index in [-0.39, 0.29) is 11.8 Å². The van der Waals surface area contributed by atoms with E-state index in [1.54, 1.807) is 28.6 Å². The fraction of sp³-hybridized carbons (Fsp3) is 0.444. The summed E-state index contributed by atoms with van der Waals surface area (Å²) in [5.41, 5.74) is 9.86. The number of amides is 1. The zero-order valence-corrected chi connectivity index (χ0v) is 15.0. The molecule has 3 N–H and O–H groups in total. The first-order valence-electron chi connectivity index (χ1n) is 8.91. The third-order valence-corrected chi connectivity index (χ3v) is 5.30. The van der Waals surface area contributed by atoms with Gasteiger partial charge in [-0.15, -0.1) is 0 Å². The molecule has 136 valence electrons. The molecule has 8 nitrogen and oxygen atoms in total. The van der Waals surface area contributed by atoms with Crippen LogP contribution in [0.15, 0.2) is 24.7 Å². The maximum atomic E-state index is 11.8. The Hall–Kier alpha value is -2.90. The van der Waals surface area contributed by atoms with Gasteiger partial charge in [-0.05, 0) is 25.7 Å². The summed E-state index contributed by atoms with van der Waals surface area (Å²) in [6.07, 6.45) is 9.17. The third kappa shape index (κ3) is 2.81. The molecule has 1 amide bonds. The molecule has 0 radical (unpaired) electrons. The van der Waals surface area contributed by atoms with Crippen LogP contribution in [0.2, 0.25) is 0 Å². The van der Waals surface area contributed by atoms with Crippen LogP contribution < -0.4 is 11.1 Å². The molecule has 3 aromatic rings. The first-order chi connectivity index (χ1) is 12.6. The SMILES string of the molecule is CNC(=O)C1CCC(c2cc(N)n3ncc(-c4cnn(C)c4)c3n2)CC1. The number of nitrogens with zero attached hydrogens (tertiary/aromatic N) is 5. The molecule has 3 heterocycles. The number of carbonyl (C=O) groups excluding carboxylic acids is 1. The quantitative estimate of drug-likeness (QED) is 0.746. The lowest BCUT2D eigenvalue weighted by molar-refractivity contribution is -0.125. The molecule has 0 unspecified atom stereocenters. The van der Waals surface area contributed by atoms with E-state index >= 15 is 0 Å². The highest BCUT2D eigenvalue weighted by atomic mass is 16.1. The van der Waals surface area contributed by atoms with Gasteiger partial charge in [0.25, 0.3) is 0 Å². The molecular formula is C18H23N7O. The van der Waals surface area contributed by atoms with Crippen LogP contribution in [0.3, 0.4) is 0 Å². The predicted octanol–water partition coefficient (Wildman–Crippen LogP) is 1.73. The second-order valence-electron chi connectivity index (χ2n) is 6.97. The van der Waals surface area contributed by atoms with Gasteiger partial charge in [-0.25, -0.2) is 4.98 Å². The van der Waals surface area contributed by atoms with Gasteiger partial charge in [-0.3, -0.25) is 9.48 Å². The average Bonchev–Trinajstić information content (AvgIpc) is 3.27. The van der Waals surface area contributed by atoms with E-state index in [9.17, 15) is 4.79 Å². The molecule has 8 heteroatoms. The molecule has 3 aromatic heterocycles. The second-order valence-corrected chi connectivity index (χ2v) is 6.97. The summed E-state index contributed by atoms with van der Waals surface area (Å²) in [5.74, 6) is 1.15. The van der Waals surface area contributed by atoms with Gasteiger partial charge in [0.15, 0.2) is 5.65 Å². The fourth-order valence-corrected chi connectivity index (χ4v) is 3.83. The zero-order valence-electron chi connectivity index (χ0n) is 15.0. The summed E-state index contributed by atoms with van der Waals surface area (Å²) in [7, 11) is 3.58. The van der Waals surface area contributed by atoms with E-state index in [1.807, 2.05) is 19.3 Å². The van der Waals surface area contributed by atoms with Crippen molar-refractivity contribution in [3.63, 3.8) is 0 Å². The number of fused-ring (bicyclic) bond motifs is 1. The Labute approximate surface area is 151 Å². The highest BCUT2D eigenvalue weighted by Crippen LogP contribution is 2.36. The van der Waals surface area contributed by atoms with Gasteiger partial charge < -0.3 is 11.1 Å². The summed E-state index contributed by atoms with van der Waals surface area (Å²) in [6.45, 7) is 0. The molecule has 1 aliphatic rings. The summed E-state index contributed by atoms with van der Waals surface area (Å²) in [4.78, 5) is 16.7. The Kier molecular flexibility index (Phi) is 4.10. The topological polar surface area (TPSA) is 103 Å². The molecule has 1 saturated carbocycles. The molecule has 1 aliphatic carbocycles. The number of aromatic nitrogens is 5. The Morgan fingerprint density at radius 2 is 2.00 bits per heavy atom. The summed E-state index contributed by atoms with van der Waals surface area (Å²) >= 11 is 0. The van der Waals surface area contributed by atoms with E-state index in [0.29, 0.717) is 11.7 Å². The van der Waals surface area contributed by atoms with E-state index in [4.69, 9.17) is 10.7 Å². The number of hydrogen-bond donors (Lipinski definition) is 2. The average molecular weight is 353 g/mol. The van der Waals surface area contributed by atoms with Crippen molar-refractivity contribution in [3.8, 4) is 11.1 Å². The molecule has 4 rings (SSSR count). The molecule has 0 bridgehead atoms. The number of aryl methyl sites for hydroxylation is 1. The minimum atomic E-state index is 0.109. The van der Waals surface area contributed by atoms with Gasteiger partial charge in [0.1, 0.15) is 5.82 Å². The number of rotatable bonds is 3. The Bertz CT molecular complexity index is 950. The lowest BCUT2D eigenvalue weighted by Gasteiger charge is -2.27. The van der Waals surface area contributed by atoms with E-state index in [0.717, 1.165) is 48.2 Å². The maximum Gasteiger partial charge on any atom is 0.222 e. The largest absolute Gasteiger partial charge is 0.384 e. The van der Waals surface area contributed by atoms with Crippen molar-refractivity contribution >= 4 is 17.4 Å². The number of hydrogen-bond acceptors (Lipinski definition) is 5. The third-order valence-electron chi connectivity index (χ3n) is 5.30. The van der Waals surface area contributed by atoms with Crippen molar-refractivity contribution < 1.29 is 4.79 Å². The number of nitrogens with two attached hydrogens (primary N) is 1. The van der Waals surface area contributed by atoms with Gasteiger partial charge in [0.05, 0.1) is 12.4 Å². The minimum absolute atomic E-state index is 0.109. The summed E-state index contributed by atoms with van der Waals surface area (Å²) in [6, 6.07) is 1.91. The van der Waals surface area contributed by atoms with Crippen LogP contribution in [-0.2, 0) is 11.8 Å². The second kappa shape index (κ2) is 6.44. The van der Waals surface area contributed by atoms with Gasteiger partial charge in [-0.1, -0.05) is 0 Å². The van der Waals surface area contributed by atoms with Crippen molar-refractivity contribution in [3.05, 3.63) is 30.4 Å². The van der Waals surface area contributed by atoms with Crippen LogP contribution in [0.25, 0.3) is 16.8 Å².